The van der Waals surface area contributed by atoms with E-state index in [2.05, 4.69) is 5.16 Å². The van der Waals surface area contributed by atoms with Crippen molar-refractivity contribution >= 4 is 11.7 Å². The molecule has 0 saturated heterocycles. The first kappa shape index (κ1) is 16.4. The molecule has 1 heterocycles. The van der Waals surface area contributed by atoms with Gasteiger partial charge in [-0.25, -0.2) is 0 Å². The number of amides is 1. The average molecular weight is 280 g/mol. The molecule has 0 aliphatic heterocycles. The van der Waals surface area contributed by atoms with Crippen molar-refractivity contribution < 1.29 is 14.1 Å². The lowest BCUT2D eigenvalue weighted by molar-refractivity contribution is -0.122. The second kappa shape index (κ2) is 7.82. The van der Waals surface area contributed by atoms with Crippen LogP contribution in [0.3, 0.4) is 0 Å². The maximum Gasteiger partial charge on any atom is 0.271 e. The normalized spacial score (nSPS) is 18.4. The van der Waals surface area contributed by atoms with Crippen LogP contribution < -0.4 is 5.73 Å². The van der Waals surface area contributed by atoms with Gasteiger partial charge < -0.3 is 10.3 Å². The van der Waals surface area contributed by atoms with Gasteiger partial charge in [0.1, 0.15) is 5.78 Å². The third-order valence-electron chi connectivity index (χ3n) is 3.42. The van der Waals surface area contributed by atoms with Gasteiger partial charge in [0.2, 0.25) is 0 Å². The number of hydrogen-bond donors (Lipinski definition) is 1. The Morgan fingerprint density at radius 2 is 2.10 bits per heavy atom. The van der Waals surface area contributed by atoms with Gasteiger partial charge in [0.25, 0.3) is 5.91 Å². The van der Waals surface area contributed by atoms with Crippen molar-refractivity contribution in [3.63, 3.8) is 0 Å². The van der Waals surface area contributed by atoms with E-state index in [0.29, 0.717) is 18.6 Å². The predicted octanol–water partition coefficient (Wildman–Crippen LogP) is 2.98. The van der Waals surface area contributed by atoms with E-state index in [0.717, 1.165) is 31.2 Å². The fraction of sp³-hybridized carbons (Fsp3) is 0.667. The third kappa shape index (κ3) is 3.46. The van der Waals surface area contributed by atoms with E-state index in [9.17, 15) is 9.59 Å². The number of Topliss-reactive ketones (excluding diaryl/α,β-unsaturated/α-hetero) is 1. The number of hydrogen-bond acceptors (Lipinski definition) is 4. The Kier molecular flexibility index (Phi) is 6.42. The number of carbonyl (C=O) groups excluding carboxylic acids is 2. The number of rotatable bonds is 4. The summed E-state index contributed by atoms with van der Waals surface area (Å²) in [4.78, 5) is 23.2. The molecular weight excluding hydrogens is 256 g/mol. The van der Waals surface area contributed by atoms with Crippen LogP contribution >= 0.6 is 0 Å². The Hall–Kier alpha value is -1.65. The van der Waals surface area contributed by atoms with Gasteiger partial charge in [0.05, 0.1) is 5.92 Å². The molecule has 0 radical (unpaired) electrons. The number of primary amides is 1. The zero-order chi connectivity index (χ0) is 15.1. The van der Waals surface area contributed by atoms with Crippen molar-refractivity contribution in [1.29, 1.82) is 0 Å². The van der Waals surface area contributed by atoms with Crippen LogP contribution in [0.1, 0.15) is 80.6 Å². The molecule has 1 aliphatic rings. The van der Waals surface area contributed by atoms with Crippen molar-refractivity contribution in [1.82, 2.24) is 5.16 Å². The third-order valence-corrected chi connectivity index (χ3v) is 3.42. The first-order valence-corrected chi connectivity index (χ1v) is 7.46. The zero-order valence-corrected chi connectivity index (χ0v) is 12.6. The molecule has 0 unspecified atom stereocenters. The number of aromatic nitrogens is 1. The summed E-state index contributed by atoms with van der Waals surface area (Å²) in [5.74, 6) is -0.0706. The minimum Gasteiger partial charge on any atom is -0.364 e. The van der Waals surface area contributed by atoms with E-state index in [-0.39, 0.29) is 17.4 Å². The molecule has 2 rings (SSSR count). The molecule has 1 aromatic heterocycles. The summed E-state index contributed by atoms with van der Waals surface area (Å²) in [7, 11) is 0. The number of carbonyl (C=O) groups is 2. The first-order valence-electron chi connectivity index (χ1n) is 7.46. The van der Waals surface area contributed by atoms with Crippen molar-refractivity contribution in [3.8, 4) is 0 Å². The molecule has 0 aromatic carbocycles. The summed E-state index contributed by atoms with van der Waals surface area (Å²) in [6.07, 6.45) is 4.84. The largest absolute Gasteiger partial charge is 0.364 e. The SMILES string of the molecule is CC.CCCc1c(C(N)=O)noc1[C@H]1CCCCC1=O. The summed E-state index contributed by atoms with van der Waals surface area (Å²) in [5, 5.41) is 3.74. The quantitative estimate of drug-likeness (QED) is 0.918. The Balaban J connectivity index is 0.000000956. The molecule has 1 aliphatic carbocycles. The lowest BCUT2D eigenvalue weighted by Gasteiger charge is -2.18. The highest BCUT2D eigenvalue weighted by Gasteiger charge is 2.31. The van der Waals surface area contributed by atoms with Crippen LogP contribution in [0.5, 0.6) is 0 Å². The van der Waals surface area contributed by atoms with Crippen molar-refractivity contribution in [2.45, 2.75) is 65.2 Å². The fourth-order valence-corrected chi connectivity index (χ4v) is 2.54. The maximum absolute atomic E-state index is 11.9. The smallest absolute Gasteiger partial charge is 0.271 e. The van der Waals surface area contributed by atoms with Gasteiger partial charge in [-0.1, -0.05) is 38.8 Å². The van der Waals surface area contributed by atoms with Gasteiger partial charge in [-0.2, -0.15) is 0 Å². The van der Waals surface area contributed by atoms with Gasteiger partial charge in [-0.05, 0) is 19.3 Å². The monoisotopic (exact) mass is 280 g/mol. The van der Waals surface area contributed by atoms with E-state index in [1.54, 1.807) is 0 Å². The van der Waals surface area contributed by atoms with Crippen LogP contribution in [0.4, 0.5) is 0 Å². The van der Waals surface area contributed by atoms with E-state index in [1.165, 1.54) is 0 Å². The number of ketones is 1. The molecule has 5 nitrogen and oxygen atoms in total. The molecular formula is C15H24N2O3. The first-order chi connectivity index (χ1) is 9.65. The van der Waals surface area contributed by atoms with Gasteiger partial charge in [-0.15, -0.1) is 0 Å². The molecule has 1 amide bonds. The Labute approximate surface area is 119 Å². The zero-order valence-electron chi connectivity index (χ0n) is 12.6. The standard InChI is InChI=1S/C13H18N2O3.C2H6/c1-2-5-9-11(13(14)17)15-18-12(9)8-6-3-4-7-10(8)16;1-2/h8H,2-7H2,1H3,(H2,14,17);1-2H3/t8-;/m0./s1. The van der Waals surface area contributed by atoms with Crippen molar-refractivity contribution in [2.75, 3.05) is 0 Å². The molecule has 1 fully saturated rings. The predicted molar refractivity (Wildman–Crippen MR) is 76.6 cm³/mol. The van der Waals surface area contributed by atoms with Gasteiger partial charge in [0, 0.05) is 12.0 Å². The highest BCUT2D eigenvalue weighted by atomic mass is 16.5. The topological polar surface area (TPSA) is 86.2 Å². The Morgan fingerprint density at radius 3 is 2.65 bits per heavy atom. The second-order valence-electron chi connectivity index (χ2n) is 4.75. The Bertz CT molecular complexity index is 466. The molecule has 2 N–H and O–H groups in total. The molecule has 0 bridgehead atoms. The highest BCUT2D eigenvalue weighted by molar-refractivity contribution is 5.93. The maximum atomic E-state index is 11.9. The molecule has 0 spiro atoms. The molecule has 1 aromatic rings. The molecule has 1 saturated carbocycles. The average Bonchev–Trinajstić information content (AvgIpc) is 2.86. The second-order valence-corrected chi connectivity index (χ2v) is 4.75. The summed E-state index contributed by atoms with van der Waals surface area (Å²) in [6, 6.07) is 0. The minimum atomic E-state index is -0.586. The van der Waals surface area contributed by atoms with Crippen LogP contribution in [-0.4, -0.2) is 16.8 Å². The summed E-state index contributed by atoms with van der Waals surface area (Å²) in [5.41, 5.74) is 6.19. The van der Waals surface area contributed by atoms with E-state index in [1.807, 2.05) is 20.8 Å². The molecule has 20 heavy (non-hydrogen) atoms. The summed E-state index contributed by atoms with van der Waals surface area (Å²) in [6.45, 7) is 6.00. The van der Waals surface area contributed by atoms with Gasteiger partial charge >= 0.3 is 0 Å². The van der Waals surface area contributed by atoms with Crippen LogP contribution in [0.15, 0.2) is 4.52 Å². The number of nitrogens with two attached hydrogens (primary N) is 1. The minimum absolute atomic E-state index is 0.185. The van der Waals surface area contributed by atoms with Crippen molar-refractivity contribution in [3.05, 3.63) is 17.0 Å². The fourth-order valence-electron chi connectivity index (χ4n) is 2.54. The van der Waals surface area contributed by atoms with E-state index in [4.69, 9.17) is 10.3 Å². The van der Waals surface area contributed by atoms with E-state index < -0.39 is 5.91 Å². The lowest BCUT2D eigenvalue weighted by Crippen LogP contribution is -2.19. The molecule has 5 heteroatoms. The highest BCUT2D eigenvalue weighted by Crippen LogP contribution is 2.33. The van der Waals surface area contributed by atoms with Gasteiger partial charge in [-0.3, -0.25) is 9.59 Å². The van der Waals surface area contributed by atoms with Crippen LogP contribution in [0.25, 0.3) is 0 Å². The summed E-state index contributed by atoms with van der Waals surface area (Å²) < 4.78 is 5.25. The van der Waals surface area contributed by atoms with Crippen LogP contribution in [0, 0.1) is 0 Å². The Morgan fingerprint density at radius 1 is 1.40 bits per heavy atom. The molecule has 112 valence electrons. The van der Waals surface area contributed by atoms with Crippen LogP contribution in [0.2, 0.25) is 0 Å². The summed E-state index contributed by atoms with van der Waals surface area (Å²) >= 11 is 0. The van der Waals surface area contributed by atoms with Gasteiger partial charge in [0.15, 0.2) is 11.5 Å². The van der Waals surface area contributed by atoms with E-state index >= 15 is 0 Å². The number of nitrogens with zero attached hydrogens (tertiary/aromatic N) is 1. The molecule has 1 atom stereocenters. The van der Waals surface area contributed by atoms with Crippen molar-refractivity contribution in [2.24, 2.45) is 5.73 Å². The van der Waals surface area contributed by atoms with Crippen LogP contribution in [-0.2, 0) is 11.2 Å². The lowest BCUT2D eigenvalue weighted by atomic mass is 9.84.